The van der Waals surface area contributed by atoms with E-state index >= 15 is 0 Å². The van der Waals surface area contributed by atoms with Gasteiger partial charge in [0.15, 0.2) is 0 Å². The number of fused-ring (bicyclic) bond motifs is 1. The van der Waals surface area contributed by atoms with Crippen LogP contribution in [-0.4, -0.2) is 25.5 Å². The van der Waals surface area contributed by atoms with Crippen LogP contribution in [0.15, 0.2) is 53.4 Å². The van der Waals surface area contributed by atoms with Crippen molar-refractivity contribution in [1.29, 1.82) is 0 Å². The first-order valence-corrected chi connectivity index (χ1v) is 8.97. The molecule has 2 aromatic rings. The second-order valence-electron chi connectivity index (χ2n) is 5.41. The van der Waals surface area contributed by atoms with Crippen molar-refractivity contribution in [3.05, 3.63) is 59.1 Å². The molecule has 1 atom stereocenters. The molecule has 3 nitrogen and oxygen atoms in total. The van der Waals surface area contributed by atoms with Crippen LogP contribution in [0, 0.1) is 0 Å². The third-order valence-corrected chi connectivity index (χ3v) is 5.40. The summed E-state index contributed by atoms with van der Waals surface area (Å²) in [5.74, 6) is 0.110. The van der Waals surface area contributed by atoms with Crippen LogP contribution in [0.5, 0.6) is 0 Å². The van der Waals surface area contributed by atoms with Crippen LogP contribution in [0.25, 0.3) is 0 Å². The molecule has 0 aliphatic carbocycles. The second kappa shape index (κ2) is 8.77. The summed E-state index contributed by atoms with van der Waals surface area (Å²) in [6.45, 7) is 3.83. The maximum Gasteiger partial charge on any atom is 0.241 e. The zero-order valence-electron chi connectivity index (χ0n) is 13.4. The van der Waals surface area contributed by atoms with Crippen molar-refractivity contribution in [2.75, 3.05) is 24.5 Å². The van der Waals surface area contributed by atoms with E-state index in [0.717, 1.165) is 22.2 Å². The minimum Gasteiger partial charge on any atom is -0.309 e. The van der Waals surface area contributed by atoms with E-state index < -0.39 is 0 Å². The van der Waals surface area contributed by atoms with Crippen molar-refractivity contribution in [1.82, 2.24) is 5.32 Å². The van der Waals surface area contributed by atoms with Crippen LogP contribution in [0.4, 0.5) is 5.69 Å². The highest BCUT2D eigenvalue weighted by molar-refractivity contribution is 7.99. The smallest absolute Gasteiger partial charge is 0.241 e. The number of hydrogen-bond acceptors (Lipinski definition) is 3. The largest absolute Gasteiger partial charge is 0.309 e. The summed E-state index contributed by atoms with van der Waals surface area (Å²) >= 11 is 7.79. The molecule has 1 N–H and O–H groups in total. The number of rotatable bonds is 4. The van der Waals surface area contributed by atoms with Gasteiger partial charge in [-0.25, -0.2) is 0 Å². The zero-order valence-corrected chi connectivity index (χ0v) is 15.8. The lowest BCUT2D eigenvalue weighted by atomic mass is 10.1. The molecule has 0 saturated carbocycles. The fourth-order valence-corrected chi connectivity index (χ4v) is 4.05. The molecule has 0 unspecified atom stereocenters. The SMILES string of the molecule is CCNCC(=O)N1C[C@H](c2ccc(Cl)cc2)Sc2ccccc21.Cl. The number of nitrogens with one attached hydrogen (secondary N) is 1. The lowest BCUT2D eigenvalue weighted by Gasteiger charge is -2.34. The third-order valence-electron chi connectivity index (χ3n) is 3.84. The molecule has 1 aliphatic rings. The van der Waals surface area contributed by atoms with E-state index in [0.29, 0.717) is 13.1 Å². The van der Waals surface area contributed by atoms with Crippen LogP contribution in [0.2, 0.25) is 5.02 Å². The Morgan fingerprint density at radius 1 is 1.25 bits per heavy atom. The van der Waals surface area contributed by atoms with Gasteiger partial charge in [0.2, 0.25) is 5.91 Å². The fourth-order valence-electron chi connectivity index (χ4n) is 2.65. The third kappa shape index (κ3) is 4.25. The molecule has 0 saturated heterocycles. The van der Waals surface area contributed by atoms with Gasteiger partial charge in [0, 0.05) is 16.5 Å². The van der Waals surface area contributed by atoms with E-state index in [4.69, 9.17) is 11.6 Å². The maximum atomic E-state index is 12.6. The summed E-state index contributed by atoms with van der Waals surface area (Å²) < 4.78 is 0. The number of hydrogen-bond donors (Lipinski definition) is 1. The number of halogens is 2. The van der Waals surface area contributed by atoms with E-state index in [2.05, 4.69) is 11.4 Å². The Labute approximate surface area is 158 Å². The number of amides is 1. The lowest BCUT2D eigenvalue weighted by Crippen LogP contribution is -2.42. The van der Waals surface area contributed by atoms with Gasteiger partial charge >= 0.3 is 0 Å². The number of anilines is 1. The van der Waals surface area contributed by atoms with Crippen molar-refractivity contribution in [3.8, 4) is 0 Å². The number of carbonyl (C=O) groups is 1. The predicted molar refractivity (Wildman–Crippen MR) is 105 cm³/mol. The Kier molecular flexibility index (Phi) is 6.99. The number of nitrogens with zero attached hydrogens (tertiary/aromatic N) is 1. The van der Waals surface area contributed by atoms with Gasteiger partial charge < -0.3 is 10.2 Å². The molecule has 0 spiro atoms. The quantitative estimate of drug-likeness (QED) is 0.841. The molecule has 6 heteroatoms. The van der Waals surface area contributed by atoms with E-state index in [9.17, 15) is 4.79 Å². The summed E-state index contributed by atoms with van der Waals surface area (Å²) in [7, 11) is 0. The van der Waals surface area contributed by atoms with Gasteiger partial charge in [-0.05, 0) is 36.4 Å². The van der Waals surface area contributed by atoms with E-state index in [1.165, 1.54) is 5.56 Å². The van der Waals surface area contributed by atoms with Crippen molar-refractivity contribution in [2.45, 2.75) is 17.1 Å². The summed E-state index contributed by atoms with van der Waals surface area (Å²) in [5, 5.41) is 4.07. The summed E-state index contributed by atoms with van der Waals surface area (Å²) in [5.41, 5.74) is 2.20. The molecule has 0 aromatic heterocycles. The average molecular weight is 383 g/mol. The van der Waals surface area contributed by atoms with E-state index in [1.54, 1.807) is 11.8 Å². The van der Waals surface area contributed by atoms with Gasteiger partial charge in [-0.3, -0.25) is 4.79 Å². The number of thioether (sulfide) groups is 1. The first kappa shape index (κ1) is 19.1. The van der Waals surface area contributed by atoms with E-state index in [-0.39, 0.29) is 23.6 Å². The van der Waals surface area contributed by atoms with Crippen molar-refractivity contribution in [3.63, 3.8) is 0 Å². The molecule has 1 amide bonds. The van der Waals surface area contributed by atoms with Gasteiger partial charge in [-0.15, -0.1) is 24.2 Å². The van der Waals surface area contributed by atoms with Gasteiger partial charge in [0.25, 0.3) is 0 Å². The minimum atomic E-state index is 0. The molecule has 0 radical (unpaired) electrons. The Balaban J connectivity index is 0.00000208. The number of benzene rings is 2. The van der Waals surface area contributed by atoms with Crippen molar-refractivity contribution < 1.29 is 4.79 Å². The van der Waals surface area contributed by atoms with E-state index in [1.807, 2.05) is 54.3 Å². The Morgan fingerprint density at radius 2 is 1.96 bits per heavy atom. The molecule has 128 valence electrons. The maximum absolute atomic E-state index is 12.6. The Hall–Kier alpha value is -1.20. The zero-order chi connectivity index (χ0) is 16.2. The Morgan fingerprint density at radius 3 is 2.67 bits per heavy atom. The molecular weight excluding hydrogens is 363 g/mol. The highest BCUT2D eigenvalue weighted by atomic mass is 35.5. The van der Waals surface area contributed by atoms with Crippen LogP contribution in [0.1, 0.15) is 17.7 Å². The molecule has 24 heavy (non-hydrogen) atoms. The predicted octanol–water partition coefficient (Wildman–Crippen LogP) is 4.55. The van der Waals surface area contributed by atoms with Crippen LogP contribution in [-0.2, 0) is 4.79 Å². The summed E-state index contributed by atoms with van der Waals surface area (Å²) in [4.78, 5) is 15.6. The first-order chi connectivity index (χ1) is 11.2. The van der Waals surface area contributed by atoms with Crippen molar-refractivity contribution in [2.24, 2.45) is 0 Å². The summed E-state index contributed by atoms with van der Waals surface area (Å²) in [6.07, 6.45) is 0. The van der Waals surface area contributed by atoms with Gasteiger partial charge in [0.1, 0.15) is 0 Å². The monoisotopic (exact) mass is 382 g/mol. The average Bonchev–Trinajstić information content (AvgIpc) is 2.59. The number of likely N-dealkylation sites (N-methyl/N-ethyl adjacent to an activating group) is 1. The normalized spacial score (nSPS) is 16.2. The van der Waals surface area contributed by atoms with Gasteiger partial charge in [-0.2, -0.15) is 0 Å². The molecule has 2 aromatic carbocycles. The van der Waals surface area contributed by atoms with Crippen LogP contribution < -0.4 is 10.2 Å². The lowest BCUT2D eigenvalue weighted by molar-refractivity contribution is -0.117. The molecule has 1 aliphatic heterocycles. The Bertz CT molecular complexity index is 694. The molecule has 0 fully saturated rings. The number of para-hydroxylation sites is 1. The first-order valence-electron chi connectivity index (χ1n) is 7.71. The topological polar surface area (TPSA) is 32.3 Å². The highest BCUT2D eigenvalue weighted by Crippen LogP contribution is 2.45. The molecule has 3 rings (SSSR count). The second-order valence-corrected chi connectivity index (χ2v) is 7.09. The van der Waals surface area contributed by atoms with Gasteiger partial charge in [0.05, 0.1) is 17.5 Å². The van der Waals surface area contributed by atoms with Crippen LogP contribution >= 0.6 is 35.8 Å². The standard InChI is InChI=1S/C18H19ClN2OS.ClH/c1-2-20-11-18(22)21-12-17(13-7-9-14(19)10-8-13)23-16-6-4-3-5-15(16)21;/h3-10,17,20H,2,11-12H2,1H3;1H/t17-;/m1./s1. The van der Waals surface area contributed by atoms with Gasteiger partial charge in [-0.1, -0.05) is 42.8 Å². The van der Waals surface area contributed by atoms with Crippen LogP contribution in [0.3, 0.4) is 0 Å². The number of carbonyl (C=O) groups excluding carboxylic acids is 1. The molecular formula is C18H20Cl2N2OS. The highest BCUT2D eigenvalue weighted by Gasteiger charge is 2.29. The fraction of sp³-hybridized carbons (Fsp3) is 0.278. The minimum absolute atomic E-state index is 0. The molecule has 1 heterocycles. The van der Waals surface area contributed by atoms with Crippen molar-refractivity contribution >= 4 is 47.4 Å². The summed E-state index contributed by atoms with van der Waals surface area (Å²) in [6, 6.07) is 16.0. The molecule has 0 bridgehead atoms.